The third kappa shape index (κ3) is 4.45. The van der Waals surface area contributed by atoms with Crippen LogP contribution in [0.25, 0.3) is 0 Å². The van der Waals surface area contributed by atoms with Crippen LogP contribution in [0.3, 0.4) is 0 Å². The maximum atomic E-state index is 12.2. The van der Waals surface area contributed by atoms with Gasteiger partial charge in [0.1, 0.15) is 5.75 Å². The van der Waals surface area contributed by atoms with Crippen LogP contribution < -0.4 is 15.4 Å². The van der Waals surface area contributed by atoms with Gasteiger partial charge in [-0.3, -0.25) is 4.79 Å². The first-order valence-electron chi connectivity index (χ1n) is 7.44. The fraction of sp³-hybridized carbons (Fsp3) is 0.0556. The smallest absolute Gasteiger partial charge is 0.258 e. The van der Waals surface area contributed by atoms with E-state index in [1.165, 1.54) is 12.4 Å². The molecule has 0 atom stereocenters. The first-order chi connectivity index (χ1) is 12.1. The minimum absolute atomic E-state index is 0.292. The molecule has 0 aliphatic rings. The number of nitrogens with one attached hydrogen (secondary N) is 2. The van der Waals surface area contributed by atoms with Crippen LogP contribution in [0, 0.1) is 0 Å². The summed E-state index contributed by atoms with van der Waals surface area (Å²) in [4.78, 5) is 20.5. The molecule has 3 rings (SSSR count). The van der Waals surface area contributed by atoms with E-state index in [-0.39, 0.29) is 5.91 Å². The lowest BCUT2D eigenvalue weighted by Gasteiger charge is -2.07. The van der Waals surface area contributed by atoms with E-state index in [1.807, 2.05) is 12.1 Å². The van der Waals surface area contributed by atoms with E-state index in [2.05, 4.69) is 20.6 Å². The van der Waals surface area contributed by atoms with E-state index in [1.54, 1.807) is 43.5 Å². The van der Waals surface area contributed by atoms with Gasteiger partial charge in [-0.15, -0.1) is 0 Å². The molecular weight excluding hydrogens is 340 g/mol. The first kappa shape index (κ1) is 16.7. The molecule has 0 unspecified atom stereocenters. The summed E-state index contributed by atoms with van der Waals surface area (Å²) in [5, 5.41) is 6.41. The molecule has 126 valence electrons. The van der Waals surface area contributed by atoms with Crippen molar-refractivity contribution in [1.29, 1.82) is 0 Å². The second kappa shape index (κ2) is 7.63. The van der Waals surface area contributed by atoms with Crippen molar-refractivity contribution in [2.75, 3.05) is 17.7 Å². The summed E-state index contributed by atoms with van der Waals surface area (Å²) in [7, 11) is 1.59. The van der Waals surface area contributed by atoms with Crippen LogP contribution in [0.5, 0.6) is 5.75 Å². The van der Waals surface area contributed by atoms with E-state index < -0.39 is 0 Å². The first-order valence-corrected chi connectivity index (χ1v) is 7.82. The van der Waals surface area contributed by atoms with E-state index in [9.17, 15) is 4.79 Å². The quantitative estimate of drug-likeness (QED) is 0.720. The van der Waals surface area contributed by atoms with Crippen molar-refractivity contribution in [2.24, 2.45) is 0 Å². The molecule has 0 bridgehead atoms. The second-order valence-electron chi connectivity index (χ2n) is 5.11. The lowest BCUT2D eigenvalue weighted by atomic mass is 10.2. The van der Waals surface area contributed by atoms with Gasteiger partial charge in [0, 0.05) is 28.8 Å². The Hall–Kier alpha value is -3.12. The number of ether oxygens (including phenoxy) is 1. The summed E-state index contributed by atoms with van der Waals surface area (Å²) < 4.78 is 5.08. The molecule has 0 spiro atoms. The zero-order valence-corrected chi connectivity index (χ0v) is 14.1. The van der Waals surface area contributed by atoms with Crippen molar-refractivity contribution >= 4 is 34.8 Å². The highest BCUT2D eigenvalue weighted by atomic mass is 35.5. The Balaban J connectivity index is 1.65. The summed E-state index contributed by atoms with van der Waals surface area (Å²) in [5.41, 5.74) is 1.78. The van der Waals surface area contributed by atoms with Gasteiger partial charge in [-0.2, -0.15) is 0 Å². The Morgan fingerprint density at radius 2 is 1.76 bits per heavy atom. The molecule has 3 aromatic rings. The van der Waals surface area contributed by atoms with Gasteiger partial charge in [0.25, 0.3) is 5.91 Å². The monoisotopic (exact) mass is 354 g/mol. The number of amides is 1. The Kier molecular flexibility index (Phi) is 5.11. The Bertz CT molecular complexity index is 867. The van der Waals surface area contributed by atoms with Crippen molar-refractivity contribution in [2.45, 2.75) is 0 Å². The van der Waals surface area contributed by atoms with Crippen LogP contribution in [0.1, 0.15) is 10.4 Å². The molecule has 0 saturated carbocycles. The second-order valence-corrected chi connectivity index (χ2v) is 5.55. The fourth-order valence-corrected chi connectivity index (χ4v) is 2.27. The lowest BCUT2D eigenvalue weighted by Crippen LogP contribution is -2.13. The molecular formula is C18H15ClN4O2. The molecule has 0 aliphatic carbocycles. The molecule has 1 aromatic heterocycles. The van der Waals surface area contributed by atoms with Gasteiger partial charge in [0.05, 0.1) is 12.7 Å². The Morgan fingerprint density at radius 3 is 2.40 bits per heavy atom. The normalized spacial score (nSPS) is 10.2. The van der Waals surface area contributed by atoms with E-state index in [0.717, 1.165) is 11.4 Å². The van der Waals surface area contributed by atoms with Gasteiger partial charge in [-0.25, -0.2) is 9.97 Å². The molecule has 7 heteroatoms. The molecule has 0 saturated heterocycles. The van der Waals surface area contributed by atoms with E-state index >= 15 is 0 Å². The third-order valence-electron chi connectivity index (χ3n) is 3.34. The summed E-state index contributed by atoms with van der Waals surface area (Å²) in [6, 6.07) is 14.3. The number of methoxy groups -OCH3 is 1. The summed E-state index contributed by atoms with van der Waals surface area (Å²) in [5.74, 6) is 0.806. The number of aromatic nitrogens is 2. The SMILES string of the molecule is COc1ccc(NC(=O)c2cnc(Nc3cccc(Cl)c3)nc2)cc1. The van der Waals surface area contributed by atoms with Gasteiger partial charge in [0.2, 0.25) is 5.95 Å². The van der Waals surface area contributed by atoms with Crippen molar-refractivity contribution in [3.05, 3.63) is 71.5 Å². The topological polar surface area (TPSA) is 76.1 Å². The number of rotatable bonds is 5. The van der Waals surface area contributed by atoms with Crippen LogP contribution >= 0.6 is 11.6 Å². The Morgan fingerprint density at radius 1 is 1.04 bits per heavy atom. The minimum Gasteiger partial charge on any atom is -0.497 e. The molecule has 2 aromatic carbocycles. The molecule has 6 nitrogen and oxygen atoms in total. The highest BCUT2D eigenvalue weighted by molar-refractivity contribution is 6.30. The van der Waals surface area contributed by atoms with E-state index in [4.69, 9.17) is 16.3 Å². The number of carbonyl (C=O) groups excluding carboxylic acids is 1. The molecule has 1 heterocycles. The summed E-state index contributed by atoms with van der Waals surface area (Å²) >= 11 is 5.93. The van der Waals surface area contributed by atoms with Gasteiger partial charge in [-0.1, -0.05) is 17.7 Å². The third-order valence-corrected chi connectivity index (χ3v) is 3.58. The predicted molar refractivity (Wildman–Crippen MR) is 97.7 cm³/mol. The number of carbonyl (C=O) groups is 1. The molecule has 0 fully saturated rings. The molecule has 0 radical (unpaired) electrons. The van der Waals surface area contributed by atoms with Crippen LogP contribution in [-0.4, -0.2) is 23.0 Å². The van der Waals surface area contributed by atoms with Crippen molar-refractivity contribution < 1.29 is 9.53 Å². The van der Waals surface area contributed by atoms with Crippen molar-refractivity contribution in [3.8, 4) is 5.75 Å². The van der Waals surface area contributed by atoms with Crippen LogP contribution in [0.15, 0.2) is 60.9 Å². The van der Waals surface area contributed by atoms with Gasteiger partial charge in [-0.05, 0) is 42.5 Å². The number of hydrogen-bond donors (Lipinski definition) is 2. The maximum Gasteiger partial charge on any atom is 0.258 e. The Labute approximate surface area is 149 Å². The number of hydrogen-bond acceptors (Lipinski definition) is 5. The van der Waals surface area contributed by atoms with Gasteiger partial charge < -0.3 is 15.4 Å². The molecule has 0 aliphatic heterocycles. The summed E-state index contributed by atoms with van der Waals surface area (Å²) in [6.45, 7) is 0. The van der Waals surface area contributed by atoms with Gasteiger partial charge in [0.15, 0.2) is 0 Å². The van der Waals surface area contributed by atoms with Gasteiger partial charge >= 0.3 is 0 Å². The van der Waals surface area contributed by atoms with Crippen LogP contribution in [-0.2, 0) is 0 Å². The molecule has 25 heavy (non-hydrogen) atoms. The summed E-state index contributed by atoms with van der Waals surface area (Å²) in [6.07, 6.45) is 2.91. The number of halogens is 1. The highest BCUT2D eigenvalue weighted by Gasteiger charge is 2.08. The van der Waals surface area contributed by atoms with Crippen molar-refractivity contribution in [3.63, 3.8) is 0 Å². The standard InChI is InChI=1S/C18H15ClN4O2/c1-25-16-7-5-14(6-8-16)22-17(24)12-10-20-18(21-11-12)23-15-4-2-3-13(19)9-15/h2-11H,1H3,(H,22,24)(H,20,21,23). The predicted octanol–water partition coefficient (Wildman–Crippen LogP) is 4.13. The highest BCUT2D eigenvalue weighted by Crippen LogP contribution is 2.18. The molecule has 2 N–H and O–H groups in total. The fourth-order valence-electron chi connectivity index (χ4n) is 2.08. The van der Waals surface area contributed by atoms with Crippen LogP contribution in [0.2, 0.25) is 5.02 Å². The largest absolute Gasteiger partial charge is 0.497 e. The zero-order chi connectivity index (χ0) is 17.6. The average molecular weight is 355 g/mol. The molecule has 1 amide bonds. The van der Waals surface area contributed by atoms with Crippen LogP contribution in [0.4, 0.5) is 17.3 Å². The van der Waals surface area contributed by atoms with Crippen molar-refractivity contribution in [1.82, 2.24) is 9.97 Å². The lowest BCUT2D eigenvalue weighted by molar-refractivity contribution is 0.102. The maximum absolute atomic E-state index is 12.2. The number of benzene rings is 2. The minimum atomic E-state index is -0.292. The number of nitrogens with zero attached hydrogens (tertiary/aromatic N) is 2. The van der Waals surface area contributed by atoms with E-state index in [0.29, 0.717) is 22.2 Å². The average Bonchev–Trinajstić information content (AvgIpc) is 2.63. The zero-order valence-electron chi connectivity index (χ0n) is 13.4. The number of anilines is 3.